The number of likely N-dealkylation sites (tertiary alicyclic amines) is 1. The van der Waals surface area contributed by atoms with E-state index in [1.54, 1.807) is 7.11 Å². The molecule has 0 amide bonds. The summed E-state index contributed by atoms with van der Waals surface area (Å²) in [6.45, 7) is 7.01. The second-order valence-electron chi connectivity index (χ2n) is 6.96. The number of nitrogens with zero attached hydrogens (tertiary/aromatic N) is 4. The fourth-order valence-electron chi connectivity index (χ4n) is 3.07. The minimum absolute atomic E-state index is 0.347. The van der Waals surface area contributed by atoms with Crippen LogP contribution in [0.1, 0.15) is 31.9 Å². The summed E-state index contributed by atoms with van der Waals surface area (Å²) in [5.41, 5.74) is 0.980. The number of anilines is 1. The number of hydrogen-bond donors (Lipinski definition) is 1. The molecule has 0 bridgehead atoms. The van der Waals surface area contributed by atoms with Crippen LogP contribution in [0.5, 0.6) is 0 Å². The van der Waals surface area contributed by atoms with Crippen LogP contribution in [0.3, 0.4) is 0 Å². The standard InChI is InChI=1S/C20H35N5O2/c1-5-21-20(22-16-17-8-6-9-19(23-17)24(2)3)25-12-10-18(11-13-25)27-15-7-14-26-4/h6,8-9,18H,5,7,10-16H2,1-4H3,(H,21,22). The summed E-state index contributed by atoms with van der Waals surface area (Å²) in [7, 11) is 5.73. The molecule has 0 aliphatic carbocycles. The molecule has 0 atom stereocenters. The minimum Gasteiger partial charge on any atom is -0.385 e. The van der Waals surface area contributed by atoms with Gasteiger partial charge >= 0.3 is 0 Å². The first-order valence-electron chi connectivity index (χ1n) is 9.91. The third-order valence-electron chi connectivity index (χ3n) is 4.56. The molecule has 1 N–H and O–H groups in total. The summed E-state index contributed by atoms with van der Waals surface area (Å²) in [6, 6.07) is 6.07. The Morgan fingerprint density at radius 1 is 1.30 bits per heavy atom. The van der Waals surface area contributed by atoms with E-state index in [2.05, 4.69) is 22.1 Å². The van der Waals surface area contributed by atoms with E-state index in [0.29, 0.717) is 12.6 Å². The first-order chi connectivity index (χ1) is 13.1. The number of hydrogen-bond acceptors (Lipinski definition) is 5. The Labute approximate surface area is 163 Å². The van der Waals surface area contributed by atoms with Gasteiger partial charge in [-0.05, 0) is 38.3 Å². The van der Waals surface area contributed by atoms with Crippen molar-refractivity contribution in [3.05, 3.63) is 23.9 Å². The molecule has 7 nitrogen and oxygen atoms in total. The monoisotopic (exact) mass is 377 g/mol. The molecule has 2 rings (SSSR count). The normalized spacial score (nSPS) is 15.9. The highest BCUT2D eigenvalue weighted by atomic mass is 16.5. The SMILES string of the molecule is CCNC(=NCc1cccc(N(C)C)n1)N1CCC(OCCCOC)CC1. The van der Waals surface area contributed by atoms with Gasteiger partial charge in [-0.2, -0.15) is 0 Å². The molecule has 1 aliphatic rings. The fraction of sp³-hybridized carbons (Fsp3) is 0.700. The molecular weight excluding hydrogens is 342 g/mol. The Hall–Kier alpha value is -1.86. The van der Waals surface area contributed by atoms with Gasteiger partial charge in [0.25, 0.3) is 0 Å². The maximum Gasteiger partial charge on any atom is 0.194 e. The lowest BCUT2D eigenvalue weighted by Gasteiger charge is -2.34. The number of nitrogens with one attached hydrogen (secondary N) is 1. The summed E-state index contributed by atoms with van der Waals surface area (Å²) in [5.74, 6) is 1.92. The molecule has 0 radical (unpaired) electrons. The van der Waals surface area contributed by atoms with Crippen LogP contribution in [0.4, 0.5) is 5.82 Å². The summed E-state index contributed by atoms with van der Waals surface area (Å²) in [5, 5.41) is 3.42. The smallest absolute Gasteiger partial charge is 0.194 e. The highest BCUT2D eigenvalue weighted by Crippen LogP contribution is 2.15. The number of ether oxygens (including phenoxy) is 2. The second-order valence-corrected chi connectivity index (χ2v) is 6.96. The average molecular weight is 378 g/mol. The van der Waals surface area contributed by atoms with Crippen LogP contribution in [0.25, 0.3) is 0 Å². The molecule has 27 heavy (non-hydrogen) atoms. The van der Waals surface area contributed by atoms with Crippen molar-refractivity contribution in [2.75, 3.05) is 59.0 Å². The third-order valence-corrected chi connectivity index (χ3v) is 4.56. The molecule has 1 saturated heterocycles. The van der Waals surface area contributed by atoms with Gasteiger partial charge in [0.1, 0.15) is 5.82 Å². The van der Waals surface area contributed by atoms with Crippen LogP contribution >= 0.6 is 0 Å². The fourth-order valence-corrected chi connectivity index (χ4v) is 3.07. The number of pyridine rings is 1. The van der Waals surface area contributed by atoms with E-state index in [-0.39, 0.29) is 0 Å². The number of aliphatic imine (C=N–C) groups is 1. The van der Waals surface area contributed by atoms with Gasteiger partial charge in [0.2, 0.25) is 0 Å². The molecule has 2 heterocycles. The van der Waals surface area contributed by atoms with E-state index >= 15 is 0 Å². The van der Waals surface area contributed by atoms with Crippen molar-refractivity contribution < 1.29 is 9.47 Å². The lowest BCUT2D eigenvalue weighted by Crippen LogP contribution is -2.47. The van der Waals surface area contributed by atoms with E-state index in [0.717, 1.165) is 69.6 Å². The van der Waals surface area contributed by atoms with Crippen LogP contribution in [-0.2, 0) is 16.0 Å². The second kappa shape index (κ2) is 11.8. The quantitative estimate of drug-likeness (QED) is 0.404. The highest BCUT2D eigenvalue weighted by Gasteiger charge is 2.21. The third kappa shape index (κ3) is 7.34. The van der Waals surface area contributed by atoms with Gasteiger partial charge < -0.3 is 24.6 Å². The molecule has 7 heteroatoms. The molecule has 0 aromatic carbocycles. The summed E-state index contributed by atoms with van der Waals surface area (Å²) >= 11 is 0. The van der Waals surface area contributed by atoms with Crippen molar-refractivity contribution in [1.82, 2.24) is 15.2 Å². The molecule has 1 aliphatic heterocycles. The zero-order valence-corrected chi connectivity index (χ0v) is 17.3. The molecule has 1 aromatic rings. The predicted octanol–water partition coefficient (Wildman–Crippen LogP) is 2.13. The number of guanidine groups is 1. The number of rotatable bonds is 9. The zero-order chi connectivity index (χ0) is 19.5. The molecular formula is C20H35N5O2. The lowest BCUT2D eigenvalue weighted by molar-refractivity contribution is 0.00990. The number of methoxy groups -OCH3 is 1. The van der Waals surface area contributed by atoms with Gasteiger partial charge in [-0.1, -0.05) is 6.07 Å². The van der Waals surface area contributed by atoms with Crippen LogP contribution in [0.2, 0.25) is 0 Å². The zero-order valence-electron chi connectivity index (χ0n) is 17.3. The minimum atomic E-state index is 0.347. The molecule has 1 fully saturated rings. The number of aromatic nitrogens is 1. The Balaban J connectivity index is 1.87. The van der Waals surface area contributed by atoms with E-state index < -0.39 is 0 Å². The van der Waals surface area contributed by atoms with Gasteiger partial charge in [0, 0.05) is 54.1 Å². The largest absolute Gasteiger partial charge is 0.385 e. The van der Waals surface area contributed by atoms with Crippen molar-refractivity contribution in [3.8, 4) is 0 Å². The van der Waals surface area contributed by atoms with E-state index in [1.807, 2.05) is 37.2 Å². The van der Waals surface area contributed by atoms with Gasteiger partial charge in [-0.25, -0.2) is 9.98 Å². The van der Waals surface area contributed by atoms with Crippen molar-refractivity contribution in [1.29, 1.82) is 0 Å². The Bertz CT molecular complexity index is 571. The maximum absolute atomic E-state index is 5.96. The van der Waals surface area contributed by atoms with Gasteiger partial charge in [0.05, 0.1) is 18.3 Å². The first kappa shape index (κ1) is 21.4. The van der Waals surface area contributed by atoms with Crippen molar-refractivity contribution >= 4 is 11.8 Å². The molecule has 0 saturated carbocycles. The topological polar surface area (TPSA) is 62.2 Å². The van der Waals surface area contributed by atoms with Crippen LogP contribution in [0.15, 0.2) is 23.2 Å². The molecule has 0 unspecified atom stereocenters. The van der Waals surface area contributed by atoms with Crippen LogP contribution in [0, 0.1) is 0 Å². The van der Waals surface area contributed by atoms with Gasteiger partial charge in [0.15, 0.2) is 5.96 Å². The molecule has 0 spiro atoms. The highest BCUT2D eigenvalue weighted by molar-refractivity contribution is 5.80. The van der Waals surface area contributed by atoms with Crippen molar-refractivity contribution in [2.24, 2.45) is 4.99 Å². The summed E-state index contributed by atoms with van der Waals surface area (Å²) < 4.78 is 11.0. The van der Waals surface area contributed by atoms with Gasteiger partial charge in [-0.3, -0.25) is 0 Å². The van der Waals surface area contributed by atoms with E-state index in [1.165, 1.54) is 0 Å². The van der Waals surface area contributed by atoms with Crippen molar-refractivity contribution in [3.63, 3.8) is 0 Å². The Kier molecular flexibility index (Phi) is 9.35. The van der Waals surface area contributed by atoms with E-state index in [4.69, 9.17) is 14.5 Å². The molecule has 152 valence electrons. The number of piperidine rings is 1. The molecule has 1 aromatic heterocycles. The Morgan fingerprint density at radius 3 is 2.74 bits per heavy atom. The van der Waals surface area contributed by atoms with Crippen LogP contribution < -0.4 is 10.2 Å². The lowest BCUT2D eigenvalue weighted by atomic mass is 10.1. The van der Waals surface area contributed by atoms with Crippen LogP contribution in [-0.4, -0.2) is 76.0 Å². The maximum atomic E-state index is 5.96. The first-order valence-corrected chi connectivity index (χ1v) is 9.91. The predicted molar refractivity (Wildman–Crippen MR) is 110 cm³/mol. The average Bonchev–Trinajstić information content (AvgIpc) is 2.69. The Morgan fingerprint density at radius 2 is 2.07 bits per heavy atom. The summed E-state index contributed by atoms with van der Waals surface area (Å²) in [6.07, 6.45) is 3.37. The van der Waals surface area contributed by atoms with Crippen molar-refractivity contribution in [2.45, 2.75) is 38.8 Å². The van der Waals surface area contributed by atoms with E-state index in [9.17, 15) is 0 Å². The van der Waals surface area contributed by atoms with Gasteiger partial charge in [-0.15, -0.1) is 0 Å². The summed E-state index contributed by atoms with van der Waals surface area (Å²) in [4.78, 5) is 13.8.